The van der Waals surface area contributed by atoms with Crippen molar-refractivity contribution in [2.75, 3.05) is 7.11 Å². The van der Waals surface area contributed by atoms with Crippen LogP contribution in [0.5, 0.6) is 0 Å². The van der Waals surface area contributed by atoms with Crippen LogP contribution >= 0.6 is 23.2 Å². The van der Waals surface area contributed by atoms with Crippen LogP contribution in [0.1, 0.15) is 11.7 Å². The lowest BCUT2D eigenvalue weighted by molar-refractivity contribution is -0.137. The van der Waals surface area contributed by atoms with Crippen molar-refractivity contribution < 1.29 is 14.6 Å². The van der Waals surface area contributed by atoms with E-state index in [9.17, 15) is 9.90 Å². The number of benzene rings is 1. The number of hydrogen-bond acceptors (Lipinski definition) is 3. The van der Waals surface area contributed by atoms with E-state index in [-0.39, 0.29) is 21.2 Å². The summed E-state index contributed by atoms with van der Waals surface area (Å²) in [7, 11) is 1.20. The van der Waals surface area contributed by atoms with Gasteiger partial charge in [-0.2, -0.15) is 0 Å². The minimum Gasteiger partial charge on any atom is -0.466 e. The number of halogens is 2. The summed E-state index contributed by atoms with van der Waals surface area (Å²) in [6, 6.07) is 4.77. The number of esters is 1. The lowest BCUT2D eigenvalue weighted by Crippen LogP contribution is -2.12. The van der Waals surface area contributed by atoms with Crippen LogP contribution in [0.3, 0.4) is 0 Å². The summed E-state index contributed by atoms with van der Waals surface area (Å²) in [4.78, 5) is 11.2. The minimum atomic E-state index is -1.27. The summed E-state index contributed by atoms with van der Waals surface area (Å²) in [6.45, 7) is 3.44. The third-order valence-electron chi connectivity index (χ3n) is 2.05. The maximum absolute atomic E-state index is 11.2. The summed E-state index contributed by atoms with van der Waals surface area (Å²) >= 11 is 11.8. The van der Waals surface area contributed by atoms with Crippen molar-refractivity contribution in [3.63, 3.8) is 0 Å². The predicted octanol–water partition coefficient (Wildman–Crippen LogP) is 2.76. The SMILES string of the molecule is C=C(C(=O)OC)C(O)c1c(Cl)cccc1Cl. The van der Waals surface area contributed by atoms with Crippen molar-refractivity contribution in [2.45, 2.75) is 6.10 Å². The Morgan fingerprint density at radius 1 is 1.44 bits per heavy atom. The molecule has 3 nitrogen and oxygen atoms in total. The molecule has 0 fully saturated rings. The third-order valence-corrected chi connectivity index (χ3v) is 2.71. The van der Waals surface area contributed by atoms with Gasteiger partial charge in [-0.15, -0.1) is 0 Å². The summed E-state index contributed by atoms with van der Waals surface area (Å²) < 4.78 is 4.45. The molecule has 16 heavy (non-hydrogen) atoms. The van der Waals surface area contributed by atoms with Crippen LogP contribution in [0.4, 0.5) is 0 Å². The molecule has 0 aliphatic rings. The minimum absolute atomic E-state index is 0.113. The van der Waals surface area contributed by atoms with Crippen LogP contribution in [0.15, 0.2) is 30.4 Å². The van der Waals surface area contributed by atoms with Crippen LogP contribution in [0.2, 0.25) is 10.0 Å². The number of methoxy groups -OCH3 is 1. The summed E-state index contributed by atoms with van der Waals surface area (Å²) in [5.74, 6) is -0.705. The van der Waals surface area contributed by atoms with Gasteiger partial charge in [-0.05, 0) is 12.1 Å². The molecule has 0 heterocycles. The van der Waals surface area contributed by atoms with Gasteiger partial charge in [0.05, 0.1) is 12.7 Å². The molecule has 5 heteroatoms. The molecule has 1 atom stereocenters. The normalized spacial score (nSPS) is 12.0. The molecule has 0 spiro atoms. The highest BCUT2D eigenvalue weighted by molar-refractivity contribution is 6.36. The molecule has 0 aromatic heterocycles. The molecule has 0 saturated carbocycles. The molecule has 1 N–H and O–H groups in total. The lowest BCUT2D eigenvalue weighted by Gasteiger charge is -2.15. The molecule has 0 aliphatic carbocycles. The second kappa shape index (κ2) is 5.34. The monoisotopic (exact) mass is 260 g/mol. The predicted molar refractivity (Wildman–Crippen MR) is 62.6 cm³/mol. The molecule has 1 rings (SSSR count). The number of hydrogen-bond donors (Lipinski definition) is 1. The Morgan fingerprint density at radius 2 is 1.94 bits per heavy atom. The molecule has 1 unspecified atom stereocenters. The fourth-order valence-electron chi connectivity index (χ4n) is 1.19. The van der Waals surface area contributed by atoms with Crippen molar-refractivity contribution in [3.05, 3.63) is 46.0 Å². The average Bonchev–Trinajstić information content (AvgIpc) is 2.26. The van der Waals surface area contributed by atoms with Crippen molar-refractivity contribution in [1.82, 2.24) is 0 Å². The summed E-state index contributed by atoms with van der Waals surface area (Å²) in [5.41, 5.74) is 0.138. The number of ether oxygens (including phenoxy) is 1. The Labute approximate surface area is 103 Å². The second-order valence-electron chi connectivity index (χ2n) is 3.05. The topological polar surface area (TPSA) is 46.5 Å². The Balaban J connectivity index is 3.10. The van der Waals surface area contributed by atoms with E-state index in [1.54, 1.807) is 18.2 Å². The molecule has 1 aromatic rings. The van der Waals surface area contributed by atoms with E-state index in [2.05, 4.69) is 11.3 Å². The van der Waals surface area contributed by atoms with Gasteiger partial charge in [0.1, 0.15) is 6.10 Å². The van der Waals surface area contributed by atoms with Gasteiger partial charge in [-0.3, -0.25) is 0 Å². The zero-order chi connectivity index (χ0) is 12.3. The van der Waals surface area contributed by atoms with Gasteiger partial charge in [0.25, 0.3) is 0 Å². The van der Waals surface area contributed by atoms with Crippen LogP contribution in [-0.2, 0) is 9.53 Å². The lowest BCUT2D eigenvalue weighted by atomic mass is 10.0. The van der Waals surface area contributed by atoms with Crippen LogP contribution in [-0.4, -0.2) is 18.2 Å². The zero-order valence-corrected chi connectivity index (χ0v) is 10.0. The van der Waals surface area contributed by atoms with Gasteiger partial charge in [-0.25, -0.2) is 4.79 Å². The zero-order valence-electron chi connectivity index (χ0n) is 8.54. The third kappa shape index (κ3) is 2.55. The van der Waals surface area contributed by atoms with Gasteiger partial charge in [0.2, 0.25) is 0 Å². The van der Waals surface area contributed by atoms with E-state index in [0.717, 1.165) is 0 Å². The number of rotatable bonds is 3. The first kappa shape index (κ1) is 13.0. The number of carbonyl (C=O) groups excluding carboxylic acids is 1. The smallest absolute Gasteiger partial charge is 0.336 e. The molecular formula is C11H10Cl2O3. The Bertz CT molecular complexity index is 409. The second-order valence-corrected chi connectivity index (χ2v) is 3.87. The van der Waals surface area contributed by atoms with Crippen LogP contribution < -0.4 is 0 Å². The first-order valence-electron chi connectivity index (χ1n) is 4.38. The van der Waals surface area contributed by atoms with Crippen molar-refractivity contribution in [3.8, 4) is 0 Å². The summed E-state index contributed by atoms with van der Waals surface area (Å²) in [5, 5.41) is 10.4. The van der Waals surface area contributed by atoms with Crippen LogP contribution in [0.25, 0.3) is 0 Å². The quantitative estimate of drug-likeness (QED) is 0.672. The highest BCUT2D eigenvalue weighted by Crippen LogP contribution is 2.33. The van der Waals surface area contributed by atoms with E-state index in [0.29, 0.717) is 0 Å². The Hall–Kier alpha value is -1.03. The standard InChI is InChI=1S/C11H10Cl2O3/c1-6(11(15)16-2)10(14)9-7(12)4-3-5-8(9)13/h3-5,10,14H,1H2,2H3. The van der Waals surface area contributed by atoms with Gasteiger partial charge in [0, 0.05) is 15.6 Å². The molecule has 0 aliphatic heterocycles. The fraction of sp³-hybridized carbons (Fsp3) is 0.182. The fourth-order valence-corrected chi connectivity index (χ4v) is 1.79. The van der Waals surface area contributed by atoms with Gasteiger partial charge >= 0.3 is 5.97 Å². The molecule has 0 radical (unpaired) electrons. The highest BCUT2D eigenvalue weighted by Gasteiger charge is 2.23. The molecule has 0 amide bonds. The first-order chi connectivity index (χ1) is 7.49. The molecule has 0 saturated heterocycles. The average molecular weight is 261 g/mol. The summed E-state index contributed by atoms with van der Waals surface area (Å²) in [6.07, 6.45) is -1.27. The highest BCUT2D eigenvalue weighted by atomic mass is 35.5. The molecular weight excluding hydrogens is 251 g/mol. The van der Waals surface area contributed by atoms with E-state index < -0.39 is 12.1 Å². The van der Waals surface area contributed by atoms with Gasteiger partial charge < -0.3 is 9.84 Å². The van der Waals surface area contributed by atoms with E-state index in [1.807, 2.05) is 0 Å². The molecule has 1 aromatic carbocycles. The first-order valence-corrected chi connectivity index (χ1v) is 5.13. The number of aliphatic hydroxyl groups is 1. The molecule has 0 bridgehead atoms. The van der Waals surface area contributed by atoms with Crippen LogP contribution in [0, 0.1) is 0 Å². The maximum atomic E-state index is 11.2. The number of carbonyl (C=O) groups is 1. The van der Waals surface area contributed by atoms with Crippen molar-refractivity contribution in [1.29, 1.82) is 0 Å². The largest absolute Gasteiger partial charge is 0.466 e. The maximum Gasteiger partial charge on any atom is 0.336 e. The van der Waals surface area contributed by atoms with Crippen molar-refractivity contribution >= 4 is 29.2 Å². The van der Waals surface area contributed by atoms with Gasteiger partial charge in [-0.1, -0.05) is 35.8 Å². The van der Waals surface area contributed by atoms with E-state index >= 15 is 0 Å². The number of aliphatic hydroxyl groups excluding tert-OH is 1. The van der Waals surface area contributed by atoms with Gasteiger partial charge in [0.15, 0.2) is 0 Å². The Kier molecular flexibility index (Phi) is 4.35. The Morgan fingerprint density at radius 3 is 2.38 bits per heavy atom. The van der Waals surface area contributed by atoms with Crippen molar-refractivity contribution in [2.24, 2.45) is 0 Å². The molecule has 86 valence electrons. The van der Waals surface area contributed by atoms with E-state index in [4.69, 9.17) is 23.2 Å². The van der Waals surface area contributed by atoms with E-state index in [1.165, 1.54) is 7.11 Å².